The Morgan fingerprint density at radius 2 is 2.06 bits per heavy atom. The van der Waals surface area contributed by atoms with Crippen LogP contribution in [0.4, 0.5) is 0 Å². The highest BCUT2D eigenvalue weighted by atomic mass is 79.9. The van der Waals surface area contributed by atoms with Crippen molar-refractivity contribution in [1.29, 1.82) is 0 Å². The summed E-state index contributed by atoms with van der Waals surface area (Å²) in [5.41, 5.74) is 7.63. The molecule has 0 radical (unpaired) electrons. The Labute approximate surface area is 106 Å². The number of hydrogen-bond donors (Lipinski definition) is 2. The third-order valence-corrected chi connectivity index (χ3v) is 4.11. The Morgan fingerprint density at radius 1 is 1.25 bits per heavy atom. The minimum atomic E-state index is 0.162. The van der Waals surface area contributed by atoms with Crippen LogP contribution in [-0.4, -0.2) is 13.1 Å². The smallest absolute Gasteiger partial charge is 0.0335 e. The molecular formula is C13H19BrN2. The molecule has 0 spiro atoms. The average Bonchev–Trinajstić information content (AvgIpc) is 2.57. The second kappa shape index (κ2) is 5.80. The largest absolute Gasteiger partial charge is 0.324 e. The molecule has 1 aromatic carbocycles. The SMILES string of the molecule is NC(c1ccccc1Br)C1CCCNCC1. The van der Waals surface area contributed by atoms with E-state index in [1.165, 1.54) is 24.8 Å². The quantitative estimate of drug-likeness (QED) is 0.876. The molecule has 2 rings (SSSR count). The fourth-order valence-electron chi connectivity index (χ4n) is 2.40. The summed E-state index contributed by atoms with van der Waals surface area (Å²) in [6, 6.07) is 8.47. The molecule has 3 N–H and O–H groups in total. The molecule has 0 saturated carbocycles. The second-order valence-corrected chi connectivity index (χ2v) is 5.34. The van der Waals surface area contributed by atoms with E-state index in [0.717, 1.165) is 17.6 Å². The van der Waals surface area contributed by atoms with E-state index < -0.39 is 0 Å². The summed E-state index contributed by atoms with van der Waals surface area (Å²) >= 11 is 3.59. The summed E-state index contributed by atoms with van der Waals surface area (Å²) in [4.78, 5) is 0. The zero-order chi connectivity index (χ0) is 11.4. The maximum atomic E-state index is 6.38. The van der Waals surface area contributed by atoms with E-state index >= 15 is 0 Å². The zero-order valence-corrected chi connectivity index (χ0v) is 11.0. The van der Waals surface area contributed by atoms with Crippen LogP contribution in [-0.2, 0) is 0 Å². The second-order valence-electron chi connectivity index (χ2n) is 4.49. The van der Waals surface area contributed by atoms with E-state index in [2.05, 4.69) is 39.4 Å². The van der Waals surface area contributed by atoms with Gasteiger partial charge in [0.05, 0.1) is 0 Å². The molecule has 0 amide bonds. The minimum absolute atomic E-state index is 0.162. The number of rotatable bonds is 2. The van der Waals surface area contributed by atoms with Gasteiger partial charge in [0.25, 0.3) is 0 Å². The van der Waals surface area contributed by atoms with Crippen LogP contribution in [0.15, 0.2) is 28.7 Å². The number of nitrogens with one attached hydrogen (secondary N) is 1. The molecule has 2 nitrogen and oxygen atoms in total. The van der Waals surface area contributed by atoms with Gasteiger partial charge in [-0.05, 0) is 49.9 Å². The lowest BCUT2D eigenvalue weighted by Crippen LogP contribution is -2.23. The number of benzene rings is 1. The van der Waals surface area contributed by atoms with Gasteiger partial charge in [-0.2, -0.15) is 0 Å². The van der Waals surface area contributed by atoms with Gasteiger partial charge in [-0.25, -0.2) is 0 Å². The molecule has 88 valence electrons. The maximum Gasteiger partial charge on any atom is 0.0335 e. The molecule has 16 heavy (non-hydrogen) atoms. The Balaban J connectivity index is 2.11. The van der Waals surface area contributed by atoms with Gasteiger partial charge in [-0.3, -0.25) is 0 Å². The Morgan fingerprint density at radius 3 is 2.88 bits per heavy atom. The van der Waals surface area contributed by atoms with Crippen LogP contribution in [0.2, 0.25) is 0 Å². The topological polar surface area (TPSA) is 38.0 Å². The predicted octanol–water partition coefficient (Wildman–Crippen LogP) is 2.84. The first-order valence-corrected chi connectivity index (χ1v) is 6.79. The number of halogens is 1. The highest BCUT2D eigenvalue weighted by molar-refractivity contribution is 9.10. The third-order valence-electron chi connectivity index (χ3n) is 3.39. The van der Waals surface area contributed by atoms with Crippen molar-refractivity contribution < 1.29 is 0 Å². The van der Waals surface area contributed by atoms with Crippen LogP contribution >= 0.6 is 15.9 Å². The van der Waals surface area contributed by atoms with Crippen LogP contribution < -0.4 is 11.1 Å². The van der Waals surface area contributed by atoms with Crippen molar-refractivity contribution in [3.05, 3.63) is 34.3 Å². The molecule has 1 fully saturated rings. The van der Waals surface area contributed by atoms with Crippen molar-refractivity contribution >= 4 is 15.9 Å². The third kappa shape index (κ3) is 2.84. The van der Waals surface area contributed by atoms with E-state index in [9.17, 15) is 0 Å². The van der Waals surface area contributed by atoms with Gasteiger partial charge in [-0.1, -0.05) is 34.1 Å². The summed E-state index contributed by atoms with van der Waals surface area (Å²) in [5.74, 6) is 0.605. The van der Waals surface area contributed by atoms with Crippen LogP contribution in [0, 0.1) is 5.92 Å². The molecule has 2 unspecified atom stereocenters. The van der Waals surface area contributed by atoms with Crippen molar-refractivity contribution in [3.8, 4) is 0 Å². The Hall–Kier alpha value is -0.380. The minimum Gasteiger partial charge on any atom is -0.324 e. The normalized spacial score (nSPS) is 23.8. The molecule has 0 aromatic heterocycles. The molecule has 1 aromatic rings. The van der Waals surface area contributed by atoms with Crippen molar-refractivity contribution in [3.63, 3.8) is 0 Å². The van der Waals surface area contributed by atoms with Crippen LogP contribution in [0.3, 0.4) is 0 Å². The lowest BCUT2D eigenvalue weighted by Gasteiger charge is -2.23. The summed E-state index contributed by atoms with van der Waals surface area (Å²) in [6.07, 6.45) is 3.65. The van der Waals surface area contributed by atoms with Gasteiger partial charge < -0.3 is 11.1 Å². The molecule has 1 heterocycles. The van der Waals surface area contributed by atoms with Gasteiger partial charge in [0, 0.05) is 10.5 Å². The lowest BCUT2D eigenvalue weighted by molar-refractivity contribution is 0.390. The molecule has 0 aliphatic carbocycles. The van der Waals surface area contributed by atoms with Gasteiger partial charge in [0.15, 0.2) is 0 Å². The van der Waals surface area contributed by atoms with E-state index in [1.54, 1.807) is 0 Å². The van der Waals surface area contributed by atoms with E-state index in [0.29, 0.717) is 5.92 Å². The highest BCUT2D eigenvalue weighted by Gasteiger charge is 2.21. The average molecular weight is 283 g/mol. The standard InChI is InChI=1S/C13H19BrN2/c14-12-6-2-1-5-11(12)13(15)10-4-3-8-16-9-7-10/h1-2,5-6,10,13,16H,3-4,7-9,15H2. The van der Waals surface area contributed by atoms with Gasteiger partial charge in [0.1, 0.15) is 0 Å². The predicted molar refractivity (Wildman–Crippen MR) is 71.3 cm³/mol. The molecule has 1 aliphatic heterocycles. The molecule has 3 heteroatoms. The summed E-state index contributed by atoms with van der Waals surface area (Å²) < 4.78 is 1.14. The zero-order valence-electron chi connectivity index (χ0n) is 9.45. The monoisotopic (exact) mass is 282 g/mol. The first-order valence-electron chi connectivity index (χ1n) is 6.00. The molecular weight excluding hydrogens is 264 g/mol. The number of hydrogen-bond acceptors (Lipinski definition) is 2. The van der Waals surface area contributed by atoms with Crippen molar-refractivity contribution in [1.82, 2.24) is 5.32 Å². The summed E-state index contributed by atoms with van der Waals surface area (Å²) in [5, 5.41) is 3.43. The molecule has 0 bridgehead atoms. The Bertz CT molecular complexity index is 332. The molecule has 1 saturated heterocycles. The fraction of sp³-hybridized carbons (Fsp3) is 0.538. The van der Waals surface area contributed by atoms with E-state index in [4.69, 9.17) is 5.73 Å². The Kier molecular flexibility index (Phi) is 4.38. The van der Waals surface area contributed by atoms with Crippen LogP contribution in [0.1, 0.15) is 30.9 Å². The molecule has 2 atom stereocenters. The van der Waals surface area contributed by atoms with Crippen LogP contribution in [0.25, 0.3) is 0 Å². The fourth-order valence-corrected chi connectivity index (χ4v) is 2.95. The van der Waals surface area contributed by atoms with Crippen molar-refractivity contribution in [2.24, 2.45) is 11.7 Å². The van der Waals surface area contributed by atoms with E-state index in [-0.39, 0.29) is 6.04 Å². The van der Waals surface area contributed by atoms with Crippen molar-refractivity contribution in [2.75, 3.05) is 13.1 Å². The van der Waals surface area contributed by atoms with Gasteiger partial charge in [-0.15, -0.1) is 0 Å². The number of nitrogens with two attached hydrogens (primary N) is 1. The van der Waals surface area contributed by atoms with Gasteiger partial charge in [0.2, 0.25) is 0 Å². The first kappa shape index (κ1) is 12.1. The lowest BCUT2D eigenvalue weighted by atomic mass is 9.88. The van der Waals surface area contributed by atoms with Gasteiger partial charge >= 0.3 is 0 Å². The van der Waals surface area contributed by atoms with Crippen LogP contribution in [0.5, 0.6) is 0 Å². The maximum absolute atomic E-state index is 6.38. The first-order chi connectivity index (χ1) is 7.79. The van der Waals surface area contributed by atoms with Crippen molar-refractivity contribution in [2.45, 2.75) is 25.3 Å². The van der Waals surface area contributed by atoms with E-state index in [1.807, 2.05) is 6.07 Å². The summed E-state index contributed by atoms with van der Waals surface area (Å²) in [7, 11) is 0. The summed E-state index contributed by atoms with van der Waals surface area (Å²) in [6.45, 7) is 2.24. The molecule has 1 aliphatic rings. The highest BCUT2D eigenvalue weighted by Crippen LogP contribution is 2.31.